The van der Waals surface area contributed by atoms with Crippen LogP contribution in [0.2, 0.25) is 0 Å². The summed E-state index contributed by atoms with van der Waals surface area (Å²) in [4.78, 5) is 38.1. The van der Waals surface area contributed by atoms with Crippen molar-refractivity contribution in [2.75, 3.05) is 13.2 Å². The fraction of sp³-hybridized carbons (Fsp3) is 0.762. The van der Waals surface area contributed by atoms with E-state index in [1.807, 2.05) is 6.08 Å². The van der Waals surface area contributed by atoms with Crippen molar-refractivity contribution in [2.24, 2.45) is 0 Å². The molecule has 0 spiro atoms. The zero-order valence-corrected chi connectivity index (χ0v) is 45.6. The van der Waals surface area contributed by atoms with Crippen molar-refractivity contribution in [3.8, 4) is 0 Å². The van der Waals surface area contributed by atoms with E-state index >= 15 is 0 Å². The molecule has 0 rings (SSSR count). The second-order valence-corrected chi connectivity index (χ2v) is 19.5. The smallest absolute Gasteiger partial charge is 0.306 e. The first kappa shape index (κ1) is 65.8. The van der Waals surface area contributed by atoms with Gasteiger partial charge in [-0.1, -0.05) is 267 Å². The Morgan fingerprint density at radius 1 is 0.304 bits per heavy atom. The highest BCUT2D eigenvalue weighted by molar-refractivity contribution is 5.71. The van der Waals surface area contributed by atoms with Gasteiger partial charge in [0.2, 0.25) is 0 Å². The van der Waals surface area contributed by atoms with Gasteiger partial charge in [0.1, 0.15) is 13.2 Å². The lowest BCUT2D eigenvalue weighted by molar-refractivity contribution is -0.166. The van der Waals surface area contributed by atoms with Crippen LogP contribution >= 0.6 is 0 Å². The zero-order chi connectivity index (χ0) is 50.0. The Hall–Kier alpha value is -3.15. The van der Waals surface area contributed by atoms with E-state index in [2.05, 4.69) is 87.6 Å². The maximum Gasteiger partial charge on any atom is 0.306 e. The normalized spacial score (nSPS) is 12.6. The van der Waals surface area contributed by atoms with Crippen molar-refractivity contribution < 1.29 is 28.6 Å². The van der Waals surface area contributed by atoms with Gasteiger partial charge in [-0.25, -0.2) is 0 Å². The standard InChI is InChI=1S/C63H110O6/c1-4-7-10-13-16-19-22-25-28-31-32-33-36-38-41-44-47-50-53-56-62(65)68-59-60(69-63(66)57-54-51-48-45-42-39-35-30-27-24-21-18-15-12-9-6-3)58-67-61(64)55-52-49-46-43-40-37-34-29-26-23-20-17-14-11-8-5-2/h9,12,18,21,27,30-32,39,42,48,51,60H,4-8,10-11,13-17,19-20,22-26,28-29,33-38,40-41,43-47,49-50,52-59H2,1-3H3/b12-9-,21-18-,30-27-,32-31-,42-39-,51-48-. The van der Waals surface area contributed by atoms with Gasteiger partial charge >= 0.3 is 17.9 Å². The van der Waals surface area contributed by atoms with Gasteiger partial charge in [-0.2, -0.15) is 0 Å². The minimum Gasteiger partial charge on any atom is -0.462 e. The Labute approximate surface area is 427 Å². The van der Waals surface area contributed by atoms with Crippen LogP contribution in [0.1, 0.15) is 290 Å². The average molecular weight is 964 g/mol. The van der Waals surface area contributed by atoms with Crippen LogP contribution < -0.4 is 0 Å². The van der Waals surface area contributed by atoms with E-state index in [1.165, 1.54) is 173 Å². The number of carbonyl (C=O) groups is 3. The van der Waals surface area contributed by atoms with Gasteiger partial charge in [-0.05, 0) is 77.0 Å². The highest BCUT2D eigenvalue weighted by atomic mass is 16.6. The number of allylic oxidation sites excluding steroid dienone is 12. The van der Waals surface area contributed by atoms with Gasteiger partial charge in [0, 0.05) is 19.3 Å². The highest BCUT2D eigenvalue weighted by Gasteiger charge is 2.19. The van der Waals surface area contributed by atoms with Gasteiger partial charge in [0.05, 0.1) is 0 Å². The van der Waals surface area contributed by atoms with Crippen molar-refractivity contribution in [3.05, 3.63) is 72.9 Å². The topological polar surface area (TPSA) is 78.9 Å². The van der Waals surface area contributed by atoms with Crippen LogP contribution in [0.4, 0.5) is 0 Å². The van der Waals surface area contributed by atoms with E-state index in [0.717, 1.165) is 70.6 Å². The monoisotopic (exact) mass is 963 g/mol. The summed E-state index contributed by atoms with van der Waals surface area (Å²) >= 11 is 0. The molecule has 0 heterocycles. The molecule has 6 heteroatoms. The third-order valence-electron chi connectivity index (χ3n) is 12.7. The third-order valence-corrected chi connectivity index (χ3v) is 12.7. The fourth-order valence-electron chi connectivity index (χ4n) is 8.31. The van der Waals surface area contributed by atoms with E-state index in [9.17, 15) is 14.4 Å². The number of hydrogen-bond donors (Lipinski definition) is 0. The van der Waals surface area contributed by atoms with Crippen LogP contribution in [0.3, 0.4) is 0 Å². The van der Waals surface area contributed by atoms with E-state index in [-0.39, 0.29) is 37.5 Å². The van der Waals surface area contributed by atoms with Crippen LogP contribution in [0.25, 0.3) is 0 Å². The number of rotatable bonds is 53. The Bertz CT molecular complexity index is 1290. The molecule has 0 aromatic rings. The molecule has 0 aromatic heterocycles. The molecule has 0 radical (unpaired) electrons. The van der Waals surface area contributed by atoms with Crippen LogP contribution in [0, 0.1) is 0 Å². The Kier molecular flexibility index (Phi) is 54.8. The minimum absolute atomic E-state index is 0.104. The maximum absolute atomic E-state index is 12.8. The predicted molar refractivity (Wildman–Crippen MR) is 298 cm³/mol. The lowest BCUT2D eigenvalue weighted by Crippen LogP contribution is -2.30. The first-order valence-corrected chi connectivity index (χ1v) is 29.4. The number of hydrogen-bond acceptors (Lipinski definition) is 6. The molecule has 0 N–H and O–H groups in total. The van der Waals surface area contributed by atoms with Crippen molar-refractivity contribution in [3.63, 3.8) is 0 Å². The molecular formula is C63H110O6. The van der Waals surface area contributed by atoms with Gasteiger partial charge < -0.3 is 14.2 Å². The average Bonchev–Trinajstić information content (AvgIpc) is 3.35. The molecule has 1 unspecified atom stereocenters. The summed E-state index contributed by atoms with van der Waals surface area (Å²) in [5, 5.41) is 0. The van der Waals surface area contributed by atoms with E-state index in [4.69, 9.17) is 14.2 Å². The summed E-state index contributed by atoms with van der Waals surface area (Å²) in [6.45, 7) is 6.49. The van der Waals surface area contributed by atoms with Crippen molar-refractivity contribution in [2.45, 2.75) is 297 Å². The SMILES string of the molecule is CC/C=C\C/C=C\C/C=C\C/C=C\C/C=C\CCC(=O)OC(COC(=O)CCCCCCCCC/C=C\CCCCCCCCCC)COC(=O)CCCCCCCCCCCCCCCCCC. The molecular weight excluding hydrogens is 853 g/mol. The summed E-state index contributed by atoms with van der Waals surface area (Å²) in [7, 11) is 0. The van der Waals surface area contributed by atoms with Crippen LogP contribution in [-0.2, 0) is 28.6 Å². The molecule has 69 heavy (non-hydrogen) atoms. The molecule has 0 aliphatic rings. The quantitative estimate of drug-likeness (QED) is 0.0262. The molecule has 0 aromatic carbocycles. The summed E-state index contributed by atoms with van der Waals surface area (Å²) in [5.41, 5.74) is 0. The summed E-state index contributed by atoms with van der Waals surface area (Å²) in [6.07, 6.45) is 73.4. The van der Waals surface area contributed by atoms with Crippen LogP contribution in [-0.4, -0.2) is 37.2 Å². The van der Waals surface area contributed by atoms with Crippen molar-refractivity contribution in [1.29, 1.82) is 0 Å². The van der Waals surface area contributed by atoms with Crippen LogP contribution in [0.15, 0.2) is 72.9 Å². The zero-order valence-electron chi connectivity index (χ0n) is 45.6. The Morgan fingerprint density at radius 3 is 0.942 bits per heavy atom. The van der Waals surface area contributed by atoms with Crippen molar-refractivity contribution in [1.82, 2.24) is 0 Å². The highest BCUT2D eigenvalue weighted by Crippen LogP contribution is 2.16. The summed E-state index contributed by atoms with van der Waals surface area (Å²) in [6, 6.07) is 0. The first-order valence-electron chi connectivity index (χ1n) is 29.4. The molecule has 398 valence electrons. The Morgan fingerprint density at radius 2 is 0.594 bits per heavy atom. The first-order chi connectivity index (χ1) is 34.0. The van der Waals surface area contributed by atoms with E-state index in [0.29, 0.717) is 19.3 Å². The minimum atomic E-state index is -0.815. The molecule has 0 aliphatic heterocycles. The number of carbonyl (C=O) groups excluding carboxylic acids is 3. The molecule has 0 aliphatic carbocycles. The van der Waals surface area contributed by atoms with Gasteiger partial charge in [0.25, 0.3) is 0 Å². The maximum atomic E-state index is 12.8. The lowest BCUT2D eigenvalue weighted by atomic mass is 10.0. The second kappa shape index (κ2) is 57.4. The molecule has 6 nitrogen and oxygen atoms in total. The lowest BCUT2D eigenvalue weighted by Gasteiger charge is -2.18. The van der Waals surface area contributed by atoms with Gasteiger partial charge in [-0.15, -0.1) is 0 Å². The number of esters is 3. The second-order valence-electron chi connectivity index (χ2n) is 19.5. The van der Waals surface area contributed by atoms with Gasteiger partial charge in [-0.3, -0.25) is 14.4 Å². The fourth-order valence-corrected chi connectivity index (χ4v) is 8.31. The van der Waals surface area contributed by atoms with E-state index < -0.39 is 6.10 Å². The number of ether oxygens (including phenoxy) is 3. The Balaban J connectivity index is 4.44. The predicted octanol–water partition coefficient (Wildman–Crippen LogP) is 19.8. The van der Waals surface area contributed by atoms with E-state index in [1.54, 1.807) is 0 Å². The molecule has 0 saturated heterocycles. The molecule has 0 saturated carbocycles. The van der Waals surface area contributed by atoms with Crippen molar-refractivity contribution >= 4 is 17.9 Å². The van der Waals surface area contributed by atoms with Crippen LogP contribution in [0.5, 0.6) is 0 Å². The summed E-state index contributed by atoms with van der Waals surface area (Å²) in [5.74, 6) is -0.981. The molecule has 0 bridgehead atoms. The summed E-state index contributed by atoms with van der Waals surface area (Å²) < 4.78 is 16.8. The molecule has 0 fully saturated rings. The third kappa shape index (κ3) is 55.6. The number of unbranched alkanes of at least 4 members (excludes halogenated alkanes) is 30. The molecule has 1 atom stereocenters. The van der Waals surface area contributed by atoms with Gasteiger partial charge in [0.15, 0.2) is 6.10 Å². The molecule has 0 amide bonds. The largest absolute Gasteiger partial charge is 0.462 e.